The fraction of sp³-hybridized carbons (Fsp3) is 0.938. The van der Waals surface area contributed by atoms with Gasteiger partial charge < -0.3 is 9.80 Å². The Balaban J connectivity index is 1.67. The highest BCUT2D eigenvalue weighted by Gasteiger charge is 2.29. The summed E-state index contributed by atoms with van der Waals surface area (Å²) in [5, 5.41) is 0. The first kappa shape index (κ1) is 15.8. The summed E-state index contributed by atoms with van der Waals surface area (Å²) in [6.07, 6.45) is 4.14. The molecule has 0 saturated carbocycles. The van der Waals surface area contributed by atoms with Gasteiger partial charge in [0.15, 0.2) is 0 Å². The van der Waals surface area contributed by atoms with Crippen molar-refractivity contribution in [2.75, 3.05) is 52.4 Å². The highest BCUT2D eigenvalue weighted by Crippen LogP contribution is 2.18. The van der Waals surface area contributed by atoms with Crippen LogP contribution in [-0.2, 0) is 4.79 Å². The minimum Gasteiger partial charge on any atom is -0.340 e. The molecule has 0 radical (unpaired) electrons. The second kappa shape index (κ2) is 6.90. The molecule has 0 unspecified atom stereocenters. The van der Waals surface area contributed by atoms with E-state index >= 15 is 0 Å². The van der Waals surface area contributed by atoms with Crippen molar-refractivity contribution in [1.82, 2.24) is 14.7 Å². The van der Waals surface area contributed by atoms with Gasteiger partial charge in [-0.1, -0.05) is 27.2 Å². The molecule has 1 amide bonds. The van der Waals surface area contributed by atoms with Gasteiger partial charge in [-0.15, -0.1) is 0 Å². The largest absolute Gasteiger partial charge is 0.340 e. The summed E-state index contributed by atoms with van der Waals surface area (Å²) in [5.41, 5.74) is -0.240. The lowest BCUT2D eigenvalue weighted by molar-refractivity contribution is -0.141. The Bertz CT molecular complexity index is 310. The van der Waals surface area contributed by atoms with Crippen LogP contribution in [0.2, 0.25) is 0 Å². The van der Waals surface area contributed by atoms with Crippen LogP contribution >= 0.6 is 0 Å². The van der Waals surface area contributed by atoms with Crippen molar-refractivity contribution in [3.05, 3.63) is 0 Å². The van der Waals surface area contributed by atoms with Gasteiger partial charge in [-0.25, -0.2) is 0 Å². The van der Waals surface area contributed by atoms with Crippen LogP contribution in [0.4, 0.5) is 0 Å². The van der Waals surface area contributed by atoms with Crippen LogP contribution in [-0.4, -0.2) is 73.0 Å². The minimum atomic E-state index is -0.240. The molecule has 0 aromatic carbocycles. The number of likely N-dealkylation sites (tertiary alicyclic amines) is 1. The molecule has 0 atom stereocenters. The SMILES string of the molecule is CC(C)(C)C(=O)N1CCN(CCN2CCCCC2)CC1. The Labute approximate surface area is 124 Å². The maximum Gasteiger partial charge on any atom is 0.228 e. The fourth-order valence-electron chi connectivity index (χ4n) is 3.11. The average Bonchev–Trinajstić information content (AvgIpc) is 2.45. The van der Waals surface area contributed by atoms with Gasteiger partial charge >= 0.3 is 0 Å². The molecular weight excluding hydrogens is 250 g/mol. The van der Waals surface area contributed by atoms with E-state index in [9.17, 15) is 4.79 Å². The van der Waals surface area contributed by atoms with Crippen molar-refractivity contribution in [2.24, 2.45) is 5.41 Å². The second-order valence-corrected chi connectivity index (χ2v) is 7.29. The first-order valence-electron chi connectivity index (χ1n) is 8.21. The Hall–Kier alpha value is -0.610. The van der Waals surface area contributed by atoms with Crippen molar-refractivity contribution in [1.29, 1.82) is 0 Å². The standard InChI is InChI=1S/C16H31N3O/c1-16(2,3)15(20)19-13-11-18(12-14-19)10-9-17-7-5-4-6-8-17/h4-14H2,1-3H3. The van der Waals surface area contributed by atoms with E-state index < -0.39 is 0 Å². The van der Waals surface area contributed by atoms with Crippen molar-refractivity contribution in [2.45, 2.75) is 40.0 Å². The molecule has 2 saturated heterocycles. The first-order valence-corrected chi connectivity index (χ1v) is 8.21. The Kier molecular flexibility index (Phi) is 5.44. The monoisotopic (exact) mass is 281 g/mol. The van der Waals surface area contributed by atoms with Crippen LogP contribution in [0.1, 0.15) is 40.0 Å². The van der Waals surface area contributed by atoms with Crippen molar-refractivity contribution in [3.63, 3.8) is 0 Å². The summed E-state index contributed by atoms with van der Waals surface area (Å²) in [5.74, 6) is 0.299. The van der Waals surface area contributed by atoms with Crippen molar-refractivity contribution in [3.8, 4) is 0 Å². The molecule has 2 aliphatic rings. The van der Waals surface area contributed by atoms with Crippen LogP contribution in [0.5, 0.6) is 0 Å². The highest BCUT2D eigenvalue weighted by molar-refractivity contribution is 5.81. The van der Waals surface area contributed by atoms with E-state index in [1.807, 2.05) is 25.7 Å². The summed E-state index contributed by atoms with van der Waals surface area (Å²) in [6, 6.07) is 0. The zero-order valence-electron chi connectivity index (χ0n) is 13.5. The van der Waals surface area contributed by atoms with Crippen LogP contribution in [0.3, 0.4) is 0 Å². The number of piperazine rings is 1. The third-order valence-electron chi connectivity index (χ3n) is 4.48. The number of rotatable bonds is 3. The van der Waals surface area contributed by atoms with E-state index in [2.05, 4.69) is 9.80 Å². The van der Waals surface area contributed by atoms with Gasteiger partial charge in [-0.2, -0.15) is 0 Å². The first-order chi connectivity index (χ1) is 9.47. The Morgan fingerprint density at radius 1 is 0.800 bits per heavy atom. The van der Waals surface area contributed by atoms with Crippen LogP contribution in [0.25, 0.3) is 0 Å². The van der Waals surface area contributed by atoms with E-state index in [1.54, 1.807) is 0 Å². The van der Waals surface area contributed by atoms with E-state index in [4.69, 9.17) is 0 Å². The topological polar surface area (TPSA) is 26.8 Å². The van der Waals surface area contributed by atoms with Gasteiger partial charge in [0.1, 0.15) is 0 Å². The molecule has 4 nitrogen and oxygen atoms in total. The summed E-state index contributed by atoms with van der Waals surface area (Å²) >= 11 is 0. The molecule has 0 bridgehead atoms. The molecule has 116 valence electrons. The summed E-state index contributed by atoms with van der Waals surface area (Å²) in [7, 11) is 0. The second-order valence-electron chi connectivity index (χ2n) is 7.29. The molecule has 0 aromatic rings. The van der Waals surface area contributed by atoms with Gasteiger partial charge in [0.05, 0.1) is 0 Å². The molecule has 0 aromatic heterocycles. The predicted octanol–water partition coefficient (Wildman–Crippen LogP) is 1.66. The van der Waals surface area contributed by atoms with E-state index in [0.29, 0.717) is 5.91 Å². The van der Waals surface area contributed by atoms with E-state index in [0.717, 1.165) is 32.7 Å². The molecule has 2 heterocycles. The quantitative estimate of drug-likeness (QED) is 0.787. The minimum absolute atomic E-state index is 0.240. The smallest absolute Gasteiger partial charge is 0.228 e. The van der Waals surface area contributed by atoms with Crippen LogP contribution < -0.4 is 0 Å². The number of hydrogen-bond donors (Lipinski definition) is 0. The molecular formula is C16H31N3O. The summed E-state index contributed by atoms with van der Waals surface area (Å²) < 4.78 is 0. The molecule has 2 rings (SSSR count). The average molecular weight is 281 g/mol. The summed E-state index contributed by atoms with van der Waals surface area (Å²) in [6.45, 7) is 14.8. The lowest BCUT2D eigenvalue weighted by Crippen LogP contribution is -2.52. The van der Waals surface area contributed by atoms with Gasteiger partial charge in [0, 0.05) is 44.7 Å². The third kappa shape index (κ3) is 4.45. The van der Waals surface area contributed by atoms with Crippen molar-refractivity contribution >= 4 is 5.91 Å². The number of amides is 1. The molecule has 0 spiro atoms. The predicted molar refractivity (Wildman–Crippen MR) is 82.8 cm³/mol. The summed E-state index contributed by atoms with van der Waals surface area (Å²) in [4.78, 5) is 19.4. The molecule has 20 heavy (non-hydrogen) atoms. The molecule has 2 fully saturated rings. The Morgan fingerprint density at radius 2 is 1.30 bits per heavy atom. The molecule has 4 heteroatoms. The highest BCUT2D eigenvalue weighted by atomic mass is 16.2. The van der Waals surface area contributed by atoms with Gasteiger partial charge in [0.25, 0.3) is 0 Å². The number of carbonyl (C=O) groups is 1. The third-order valence-corrected chi connectivity index (χ3v) is 4.48. The fourth-order valence-corrected chi connectivity index (χ4v) is 3.11. The normalized spacial score (nSPS) is 23.1. The van der Waals surface area contributed by atoms with E-state index in [-0.39, 0.29) is 5.41 Å². The van der Waals surface area contributed by atoms with Crippen LogP contribution in [0.15, 0.2) is 0 Å². The lowest BCUT2D eigenvalue weighted by atomic mass is 9.94. The zero-order valence-corrected chi connectivity index (χ0v) is 13.5. The maximum atomic E-state index is 12.2. The number of piperidine rings is 1. The molecule has 0 N–H and O–H groups in total. The number of nitrogens with zero attached hydrogens (tertiary/aromatic N) is 3. The number of carbonyl (C=O) groups excluding carboxylic acids is 1. The van der Waals surface area contributed by atoms with Gasteiger partial charge in [-0.3, -0.25) is 9.69 Å². The van der Waals surface area contributed by atoms with Gasteiger partial charge in [0.2, 0.25) is 5.91 Å². The maximum absolute atomic E-state index is 12.2. The van der Waals surface area contributed by atoms with Crippen molar-refractivity contribution < 1.29 is 4.79 Å². The number of hydrogen-bond acceptors (Lipinski definition) is 3. The van der Waals surface area contributed by atoms with E-state index in [1.165, 1.54) is 38.9 Å². The molecule has 0 aliphatic carbocycles. The van der Waals surface area contributed by atoms with Crippen LogP contribution in [0, 0.1) is 5.41 Å². The molecule has 2 aliphatic heterocycles. The lowest BCUT2D eigenvalue weighted by Gasteiger charge is -2.38. The zero-order chi connectivity index (χ0) is 14.6. The Morgan fingerprint density at radius 3 is 1.80 bits per heavy atom. The van der Waals surface area contributed by atoms with Gasteiger partial charge in [-0.05, 0) is 25.9 Å².